The molecule has 5 aliphatic carbocycles. The molecule has 4 saturated carbocycles. The summed E-state index contributed by atoms with van der Waals surface area (Å²) in [5.74, 6) is -2.56. The average molecular weight is 885 g/mol. The molecule has 2 heterocycles. The van der Waals surface area contributed by atoms with Gasteiger partial charge in [0, 0.05) is 5.41 Å². The first-order valence-electron chi connectivity index (χ1n) is 22.5. The van der Waals surface area contributed by atoms with Crippen molar-refractivity contribution in [3.63, 3.8) is 0 Å². The van der Waals surface area contributed by atoms with E-state index in [0.717, 1.165) is 5.57 Å². The van der Waals surface area contributed by atoms with Crippen LogP contribution in [0.25, 0.3) is 0 Å². The predicted molar refractivity (Wildman–Crippen MR) is 216 cm³/mol. The highest BCUT2D eigenvalue weighted by Crippen LogP contribution is 2.76. The minimum Gasteiger partial charge on any atom is -0.481 e. The molecule has 62 heavy (non-hydrogen) atoms. The van der Waals surface area contributed by atoms with Crippen molar-refractivity contribution in [2.45, 2.75) is 186 Å². The molecule has 2 saturated heterocycles. The van der Waals surface area contributed by atoms with Gasteiger partial charge >= 0.3 is 11.9 Å². The van der Waals surface area contributed by atoms with Crippen molar-refractivity contribution in [1.82, 2.24) is 0 Å². The Balaban J connectivity index is 1.25. The van der Waals surface area contributed by atoms with Gasteiger partial charge in [0.2, 0.25) is 0 Å². The predicted octanol–water partition coefficient (Wildman–Crippen LogP) is 0.757. The Bertz CT molecular complexity index is 1710. The molecule has 0 unspecified atom stereocenters. The van der Waals surface area contributed by atoms with Crippen molar-refractivity contribution in [3.05, 3.63) is 11.6 Å². The van der Waals surface area contributed by atoms with Gasteiger partial charge in [-0.1, -0.05) is 53.2 Å². The summed E-state index contributed by atoms with van der Waals surface area (Å²) in [7, 11) is 0. The third kappa shape index (κ3) is 7.41. The summed E-state index contributed by atoms with van der Waals surface area (Å²) in [6.07, 6.45) is -13.4. The van der Waals surface area contributed by atoms with Gasteiger partial charge in [-0.3, -0.25) is 9.59 Å². The summed E-state index contributed by atoms with van der Waals surface area (Å²) in [6, 6.07) is 0. The van der Waals surface area contributed by atoms with Crippen LogP contribution in [-0.2, 0) is 33.3 Å². The van der Waals surface area contributed by atoms with Crippen LogP contribution < -0.4 is 0 Å². The monoisotopic (exact) mass is 884 g/mol. The van der Waals surface area contributed by atoms with Crippen molar-refractivity contribution in [1.29, 1.82) is 0 Å². The van der Waals surface area contributed by atoms with Gasteiger partial charge in [-0.25, -0.2) is 0 Å². The number of ether oxygens (including phenoxy) is 5. The zero-order valence-corrected chi connectivity index (χ0v) is 37.1. The lowest BCUT2D eigenvalue weighted by Gasteiger charge is -2.72. The zero-order valence-electron chi connectivity index (χ0n) is 37.1. The normalized spacial score (nSPS) is 51.7. The van der Waals surface area contributed by atoms with E-state index in [2.05, 4.69) is 40.7 Å². The van der Waals surface area contributed by atoms with Crippen molar-refractivity contribution >= 4 is 11.9 Å². The summed E-state index contributed by atoms with van der Waals surface area (Å²) in [4.78, 5) is 26.3. The summed E-state index contributed by atoms with van der Waals surface area (Å²) < 4.78 is 30.1. The number of carboxylic acid groups (broad SMARTS) is 1. The van der Waals surface area contributed by atoms with Crippen LogP contribution in [0.5, 0.6) is 0 Å². The van der Waals surface area contributed by atoms with Crippen LogP contribution in [-0.4, -0.2) is 163 Å². The summed E-state index contributed by atoms with van der Waals surface area (Å²) in [5, 5.41) is 110. The first-order valence-corrected chi connectivity index (χ1v) is 22.5. The zero-order chi connectivity index (χ0) is 45.7. The molecule has 0 aromatic heterocycles. The van der Waals surface area contributed by atoms with E-state index >= 15 is 0 Å². The average Bonchev–Trinajstić information content (AvgIpc) is 3.18. The lowest BCUT2D eigenvalue weighted by atomic mass is 9.33. The van der Waals surface area contributed by atoms with Gasteiger partial charge < -0.3 is 74.7 Å². The SMILES string of the molecule is C[C@H](O)CC(=O)O[C@H]1CO[C@@H](O[C@H]2[C@H](O[C@@H]3C[C@]4(C)C(=CC[C@@H]5[C@@]6(C)C[C@H](O)[C@H](O)[C@@](C)(CO)[C@@H]6CC[C@]54C)[C@@H]4CC(C)(C)CC[C@]34C(=O)O)O[C@H](CO)[C@@H](O)[C@@H]2O)[C@H](O)[C@H]1O. The van der Waals surface area contributed by atoms with E-state index in [-0.39, 0.29) is 43.1 Å². The maximum absolute atomic E-state index is 14.1. The number of hydrogen-bond acceptors (Lipinski definition) is 16. The van der Waals surface area contributed by atoms with Crippen LogP contribution in [0.3, 0.4) is 0 Å². The molecule has 0 aromatic carbocycles. The fourth-order valence-corrected chi connectivity index (χ4v) is 14.1. The molecule has 21 atom stereocenters. The fraction of sp³-hybridized carbons (Fsp3) is 0.911. The first kappa shape index (κ1) is 48.1. The van der Waals surface area contributed by atoms with Crippen LogP contribution in [0.4, 0.5) is 0 Å². The Morgan fingerprint density at radius 3 is 2.18 bits per heavy atom. The number of carboxylic acids is 1. The lowest BCUT2D eigenvalue weighted by molar-refractivity contribution is -0.370. The van der Waals surface area contributed by atoms with Crippen molar-refractivity contribution in [2.75, 3.05) is 19.8 Å². The molecule has 0 bridgehead atoms. The third-order valence-corrected chi connectivity index (χ3v) is 17.7. The molecular formula is C45H72O17. The number of rotatable bonds is 10. The summed E-state index contributed by atoms with van der Waals surface area (Å²) in [5.41, 5.74) is -3.34. The van der Waals surface area contributed by atoms with E-state index in [1.807, 2.05) is 6.92 Å². The molecule has 0 spiro atoms. The van der Waals surface area contributed by atoms with Gasteiger partial charge in [0.25, 0.3) is 0 Å². The highest BCUT2D eigenvalue weighted by Gasteiger charge is 2.73. The molecule has 6 fully saturated rings. The van der Waals surface area contributed by atoms with Crippen LogP contribution in [0, 0.1) is 50.2 Å². The third-order valence-electron chi connectivity index (χ3n) is 17.7. The van der Waals surface area contributed by atoms with Crippen LogP contribution in [0.2, 0.25) is 0 Å². The standard InChI is InChI=1S/C45H72O17/c1-21(48)14-30(50)59-26-19-58-37(34(54)32(26)52)62-35-33(53)31(51)25(18-46)60-38(35)61-29-17-44(7)22(23-15-40(2,3)12-13-45(23,29)39(56)57)8-9-28-41(4)16-24(49)36(55)42(5,20-47)27(41)10-11-43(28,44)6/h8,21,23-29,31-38,46-49,51-55H,9-20H2,1-7H3,(H,56,57)/t21-,23-,24-,25+,26-,27+,28+,29+,31+,32-,33-,34+,35+,36-,37-,38-,41-,42-,43+,44+,45+/m0/s1. The molecule has 7 rings (SSSR count). The number of esters is 1. The minimum atomic E-state index is -1.85. The molecule has 0 amide bonds. The number of allylic oxidation sites excluding steroid dienone is 2. The Morgan fingerprint density at radius 1 is 0.855 bits per heavy atom. The molecule has 0 aromatic rings. The second kappa shape index (κ2) is 16.8. The lowest BCUT2D eigenvalue weighted by Crippen LogP contribution is -2.70. The highest BCUT2D eigenvalue weighted by molar-refractivity contribution is 5.78. The highest BCUT2D eigenvalue weighted by atomic mass is 16.8. The van der Waals surface area contributed by atoms with Gasteiger partial charge in [0.1, 0.15) is 42.0 Å². The Hall–Kier alpha value is -1.84. The van der Waals surface area contributed by atoms with E-state index in [4.69, 9.17) is 23.7 Å². The van der Waals surface area contributed by atoms with Gasteiger partial charge in [-0.15, -0.1) is 0 Å². The maximum Gasteiger partial charge on any atom is 0.312 e. The number of aliphatic hydroxyl groups excluding tert-OH is 9. The van der Waals surface area contributed by atoms with Crippen molar-refractivity contribution in [2.24, 2.45) is 50.2 Å². The molecule has 17 heteroatoms. The van der Waals surface area contributed by atoms with Crippen LogP contribution in [0.1, 0.15) is 106 Å². The van der Waals surface area contributed by atoms with Crippen LogP contribution >= 0.6 is 0 Å². The van der Waals surface area contributed by atoms with Gasteiger partial charge in [0.15, 0.2) is 18.7 Å². The van der Waals surface area contributed by atoms with Crippen molar-refractivity contribution < 1.29 is 84.3 Å². The topological polar surface area (TPSA) is 283 Å². The number of hydrogen-bond donors (Lipinski definition) is 10. The molecule has 10 N–H and O–H groups in total. The van der Waals surface area contributed by atoms with Gasteiger partial charge in [0.05, 0.1) is 50.7 Å². The molecule has 0 radical (unpaired) electrons. The second-order valence-corrected chi connectivity index (χ2v) is 21.8. The molecular weight excluding hydrogens is 812 g/mol. The minimum absolute atomic E-state index is 0.0469. The summed E-state index contributed by atoms with van der Waals surface area (Å²) in [6.45, 7) is 12.6. The summed E-state index contributed by atoms with van der Waals surface area (Å²) >= 11 is 0. The Labute approximate surface area is 363 Å². The van der Waals surface area contributed by atoms with E-state index in [1.165, 1.54) is 6.92 Å². The number of carbonyl (C=O) groups is 2. The smallest absolute Gasteiger partial charge is 0.312 e. The van der Waals surface area contributed by atoms with E-state index in [9.17, 15) is 60.7 Å². The maximum atomic E-state index is 14.1. The van der Waals surface area contributed by atoms with E-state index in [1.54, 1.807) is 0 Å². The number of aliphatic hydroxyl groups is 9. The largest absolute Gasteiger partial charge is 0.481 e. The van der Waals surface area contributed by atoms with Crippen molar-refractivity contribution in [3.8, 4) is 0 Å². The first-order chi connectivity index (χ1) is 28.8. The molecule has 354 valence electrons. The second-order valence-electron chi connectivity index (χ2n) is 21.8. The quantitative estimate of drug-likeness (QED) is 0.107. The molecule has 7 aliphatic rings. The molecule has 2 aliphatic heterocycles. The molecule has 17 nitrogen and oxygen atoms in total. The number of fused-ring (bicyclic) bond motifs is 7. The van der Waals surface area contributed by atoms with E-state index in [0.29, 0.717) is 38.5 Å². The van der Waals surface area contributed by atoms with Crippen LogP contribution in [0.15, 0.2) is 11.6 Å². The van der Waals surface area contributed by atoms with E-state index < -0.39 is 138 Å². The van der Waals surface area contributed by atoms with Gasteiger partial charge in [-0.05, 0) is 97.7 Å². The fourth-order valence-electron chi connectivity index (χ4n) is 14.1. The Morgan fingerprint density at radius 2 is 1.55 bits per heavy atom. The number of aliphatic carboxylic acids is 1. The van der Waals surface area contributed by atoms with Gasteiger partial charge in [-0.2, -0.15) is 0 Å². The number of carbonyl (C=O) groups excluding carboxylic acids is 1. The Kier molecular flexibility index (Phi) is 13.0.